The molecule has 0 atom stereocenters. The summed E-state index contributed by atoms with van der Waals surface area (Å²) in [6.07, 6.45) is 1.75. The third-order valence-corrected chi connectivity index (χ3v) is 5.97. The van der Waals surface area contributed by atoms with Gasteiger partial charge in [0.1, 0.15) is 12.0 Å². The van der Waals surface area contributed by atoms with Crippen molar-refractivity contribution in [1.29, 1.82) is 0 Å². The highest BCUT2D eigenvalue weighted by Gasteiger charge is 2.17. The summed E-state index contributed by atoms with van der Waals surface area (Å²) in [5.41, 5.74) is 4.59. The van der Waals surface area contributed by atoms with E-state index < -0.39 is 0 Å². The zero-order valence-corrected chi connectivity index (χ0v) is 20.2. The number of ether oxygens (including phenoxy) is 1. The molecule has 176 valence electrons. The van der Waals surface area contributed by atoms with Crippen LogP contribution in [-0.4, -0.2) is 69.2 Å². The van der Waals surface area contributed by atoms with Gasteiger partial charge in [-0.15, -0.1) is 0 Å². The molecule has 4 rings (SSSR count). The monoisotopic (exact) mass is 449 g/mol. The van der Waals surface area contributed by atoms with Crippen LogP contribution in [0, 0.1) is 0 Å². The molecule has 1 fully saturated rings. The van der Waals surface area contributed by atoms with Crippen LogP contribution < -0.4 is 14.5 Å². The smallest absolute Gasteiger partial charge is 0.298 e. The number of methoxy groups -OCH3 is 1. The Morgan fingerprint density at radius 3 is 2.36 bits per heavy atom. The maximum absolute atomic E-state index is 5.90. The van der Waals surface area contributed by atoms with E-state index in [0.717, 1.165) is 49.7 Å². The highest BCUT2D eigenvalue weighted by Crippen LogP contribution is 2.24. The standard InChI is InChI=1S/C26H35N5O2/c1-28(2)19-23-20-33-26(27-23)31(18-22-6-5-7-25(16-22)32-4)17-21-8-10-24(11-9-21)30-14-12-29(3)13-15-30/h5-11,16,20H,12-15,17-19H2,1-4H3. The molecular formula is C26H35N5O2. The van der Waals surface area contributed by atoms with Crippen molar-refractivity contribution in [2.24, 2.45) is 0 Å². The molecule has 0 amide bonds. The van der Waals surface area contributed by atoms with Crippen LogP contribution in [0.25, 0.3) is 0 Å². The molecule has 0 bridgehead atoms. The van der Waals surface area contributed by atoms with Gasteiger partial charge in [-0.2, -0.15) is 4.98 Å². The highest BCUT2D eigenvalue weighted by atomic mass is 16.5. The predicted molar refractivity (Wildman–Crippen MR) is 133 cm³/mol. The molecule has 7 nitrogen and oxygen atoms in total. The maximum Gasteiger partial charge on any atom is 0.298 e. The minimum Gasteiger partial charge on any atom is -0.497 e. The molecule has 0 unspecified atom stereocenters. The van der Waals surface area contributed by atoms with Crippen LogP contribution in [-0.2, 0) is 19.6 Å². The van der Waals surface area contributed by atoms with Gasteiger partial charge in [0, 0.05) is 51.5 Å². The van der Waals surface area contributed by atoms with Crippen LogP contribution in [0.4, 0.5) is 11.7 Å². The van der Waals surface area contributed by atoms with Crippen LogP contribution in [0.1, 0.15) is 16.8 Å². The second kappa shape index (κ2) is 10.7. The topological polar surface area (TPSA) is 48.2 Å². The molecule has 0 radical (unpaired) electrons. The minimum atomic E-state index is 0.637. The highest BCUT2D eigenvalue weighted by molar-refractivity contribution is 5.48. The average molecular weight is 450 g/mol. The van der Waals surface area contributed by atoms with E-state index in [2.05, 4.69) is 63.0 Å². The van der Waals surface area contributed by atoms with Gasteiger partial charge < -0.3 is 28.8 Å². The first-order valence-corrected chi connectivity index (χ1v) is 11.5. The van der Waals surface area contributed by atoms with Gasteiger partial charge in [0.05, 0.1) is 12.8 Å². The Morgan fingerprint density at radius 1 is 0.939 bits per heavy atom. The van der Waals surface area contributed by atoms with Gasteiger partial charge in [0.15, 0.2) is 0 Å². The normalized spacial score (nSPS) is 14.6. The first kappa shape index (κ1) is 23.1. The summed E-state index contributed by atoms with van der Waals surface area (Å²) in [7, 11) is 7.94. The first-order valence-electron chi connectivity index (χ1n) is 11.5. The van der Waals surface area contributed by atoms with Crippen molar-refractivity contribution < 1.29 is 9.15 Å². The summed E-state index contributed by atoms with van der Waals surface area (Å²) >= 11 is 0. The Kier molecular flexibility index (Phi) is 7.52. The number of piperazine rings is 1. The minimum absolute atomic E-state index is 0.637. The largest absolute Gasteiger partial charge is 0.497 e. The average Bonchev–Trinajstić information content (AvgIpc) is 3.27. The lowest BCUT2D eigenvalue weighted by Gasteiger charge is -2.34. The Balaban J connectivity index is 1.52. The summed E-state index contributed by atoms with van der Waals surface area (Å²) in [4.78, 5) is 13.9. The van der Waals surface area contributed by atoms with Crippen LogP contribution >= 0.6 is 0 Å². The molecule has 2 aromatic carbocycles. The quantitative estimate of drug-likeness (QED) is 0.494. The van der Waals surface area contributed by atoms with E-state index in [-0.39, 0.29) is 0 Å². The maximum atomic E-state index is 5.90. The number of likely N-dealkylation sites (N-methyl/N-ethyl adjacent to an activating group) is 1. The van der Waals surface area contributed by atoms with Crippen LogP contribution in [0.5, 0.6) is 5.75 Å². The number of nitrogens with zero attached hydrogens (tertiary/aromatic N) is 5. The van der Waals surface area contributed by atoms with Crippen LogP contribution in [0.15, 0.2) is 59.2 Å². The second-order valence-electron chi connectivity index (χ2n) is 9.02. The van der Waals surface area contributed by atoms with E-state index in [1.165, 1.54) is 11.3 Å². The molecule has 1 aliphatic heterocycles. The molecule has 2 heterocycles. The number of benzene rings is 2. The lowest BCUT2D eigenvalue weighted by molar-refractivity contribution is 0.313. The molecule has 1 aromatic heterocycles. The summed E-state index contributed by atoms with van der Waals surface area (Å²) in [5.74, 6) is 0.852. The lowest BCUT2D eigenvalue weighted by Crippen LogP contribution is -2.44. The number of aromatic nitrogens is 1. The summed E-state index contributed by atoms with van der Waals surface area (Å²) in [6.45, 7) is 6.49. The molecule has 3 aromatic rings. The van der Waals surface area contributed by atoms with Crippen molar-refractivity contribution in [3.8, 4) is 5.75 Å². The summed E-state index contributed by atoms with van der Waals surface area (Å²) < 4.78 is 11.3. The molecule has 0 spiro atoms. The van der Waals surface area contributed by atoms with Crippen molar-refractivity contribution in [3.63, 3.8) is 0 Å². The van der Waals surface area contributed by atoms with Gasteiger partial charge >= 0.3 is 0 Å². The molecule has 0 aliphatic carbocycles. The third kappa shape index (κ3) is 6.27. The molecule has 0 N–H and O–H groups in total. The number of anilines is 2. The number of hydrogen-bond donors (Lipinski definition) is 0. The first-order chi connectivity index (χ1) is 16.0. The molecule has 0 saturated carbocycles. The van der Waals surface area contributed by atoms with Crippen molar-refractivity contribution in [1.82, 2.24) is 14.8 Å². The fourth-order valence-corrected chi connectivity index (χ4v) is 4.12. The van der Waals surface area contributed by atoms with E-state index >= 15 is 0 Å². The molecule has 1 saturated heterocycles. The Morgan fingerprint density at radius 2 is 1.67 bits per heavy atom. The van der Waals surface area contributed by atoms with Gasteiger partial charge in [0.25, 0.3) is 6.01 Å². The van der Waals surface area contributed by atoms with E-state index in [0.29, 0.717) is 19.1 Å². The van der Waals surface area contributed by atoms with E-state index in [4.69, 9.17) is 14.1 Å². The summed E-state index contributed by atoms with van der Waals surface area (Å²) in [6, 6.07) is 17.7. The van der Waals surface area contributed by atoms with E-state index in [1.54, 1.807) is 13.4 Å². The number of hydrogen-bond acceptors (Lipinski definition) is 7. The van der Waals surface area contributed by atoms with Gasteiger partial charge in [-0.05, 0) is 56.5 Å². The Hall–Kier alpha value is -3.03. The molecule has 7 heteroatoms. The zero-order chi connectivity index (χ0) is 23.2. The van der Waals surface area contributed by atoms with Crippen molar-refractivity contribution in [2.75, 3.05) is 64.2 Å². The Bertz CT molecular complexity index is 1010. The number of rotatable bonds is 9. The van der Waals surface area contributed by atoms with E-state index in [9.17, 15) is 0 Å². The van der Waals surface area contributed by atoms with Gasteiger partial charge in [-0.3, -0.25) is 0 Å². The lowest BCUT2D eigenvalue weighted by atomic mass is 10.1. The van der Waals surface area contributed by atoms with Gasteiger partial charge in [-0.1, -0.05) is 24.3 Å². The predicted octanol–water partition coefficient (Wildman–Crippen LogP) is 3.70. The fourth-order valence-electron chi connectivity index (χ4n) is 4.12. The SMILES string of the molecule is COc1cccc(CN(Cc2ccc(N3CCN(C)CC3)cc2)c2nc(CN(C)C)co2)c1. The number of oxazole rings is 1. The van der Waals surface area contributed by atoms with Gasteiger partial charge in [0.2, 0.25) is 0 Å². The molecule has 33 heavy (non-hydrogen) atoms. The molecular weight excluding hydrogens is 414 g/mol. The zero-order valence-electron chi connectivity index (χ0n) is 20.2. The fraction of sp³-hybridized carbons (Fsp3) is 0.423. The van der Waals surface area contributed by atoms with Crippen LogP contribution in [0.2, 0.25) is 0 Å². The van der Waals surface area contributed by atoms with E-state index in [1.807, 2.05) is 26.2 Å². The van der Waals surface area contributed by atoms with Gasteiger partial charge in [-0.25, -0.2) is 0 Å². The van der Waals surface area contributed by atoms with Crippen molar-refractivity contribution in [2.45, 2.75) is 19.6 Å². The Labute approximate surface area is 197 Å². The van der Waals surface area contributed by atoms with Crippen molar-refractivity contribution >= 4 is 11.7 Å². The second-order valence-corrected chi connectivity index (χ2v) is 9.02. The third-order valence-electron chi connectivity index (χ3n) is 5.97. The van der Waals surface area contributed by atoms with Crippen molar-refractivity contribution in [3.05, 3.63) is 71.6 Å². The summed E-state index contributed by atoms with van der Waals surface area (Å²) in [5, 5.41) is 0. The van der Waals surface area contributed by atoms with Crippen LogP contribution in [0.3, 0.4) is 0 Å². The molecule has 1 aliphatic rings.